The summed E-state index contributed by atoms with van der Waals surface area (Å²) in [7, 11) is 0. The minimum absolute atomic E-state index is 0.225. The molecule has 5 heteroatoms. The van der Waals surface area contributed by atoms with Crippen LogP contribution < -0.4 is 15.8 Å². The lowest BCUT2D eigenvalue weighted by atomic mass is 10.1. The van der Waals surface area contributed by atoms with Crippen LogP contribution in [0.25, 0.3) is 0 Å². The molecular weight excluding hydrogens is 271 g/mol. The summed E-state index contributed by atoms with van der Waals surface area (Å²) >= 11 is 0. The van der Waals surface area contributed by atoms with E-state index in [9.17, 15) is 9.18 Å². The first-order valence-corrected chi connectivity index (χ1v) is 6.65. The summed E-state index contributed by atoms with van der Waals surface area (Å²) in [5, 5.41) is 2.83. The van der Waals surface area contributed by atoms with E-state index < -0.39 is 17.8 Å². The van der Waals surface area contributed by atoms with Crippen LogP contribution in [0.3, 0.4) is 0 Å². The summed E-state index contributed by atoms with van der Waals surface area (Å²) in [6.07, 6.45) is 0. The lowest BCUT2D eigenvalue weighted by Crippen LogP contribution is -2.28. The number of para-hydroxylation sites is 1. The summed E-state index contributed by atoms with van der Waals surface area (Å²) in [6.45, 7) is 2.39. The highest BCUT2D eigenvalue weighted by Crippen LogP contribution is 2.24. The zero-order chi connectivity index (χ0) is 15.2. The molecule has 1 amide bonds. The van der Waals surface area contributed by atoms with Crippen LogP contribution in [-0.2, 0) is 4.79 Å². The lowest BCUT2D eigenvalue weighted by molar-refractivity contribution is -0.118. The summed E-state index contributed by atoms with van der Waals surface area (Å²) in [5.41, 5.74) is 6.27. The average Bonchev–Trinajstić information content (AvgIpc) is 2.46. The molecule has 1 unspecified atom stereocenters. The molecule has 0 saturated heterocycles. The van der Waals surface area contributed by atoms with Crippen molar-refractivity contribution in [2.75, 3.05) is 11.9 Å². The second-order valence-electron chi connectivity index (χ2n) is 4.47. The molecular formula is C16H17FN2O2. The zero-order valence-electron chi connectivity index (χ0n) is 11.7. The Hall–Kier alpha value is -2.56. The number of nitrogens with two attached hydrogens (primary N) is 1. The summed E-state index contributed by atoms with van der Waals surface area (Å²) in [6, 6.07) is 12.3. The van der Waals surface area contributed by atoms with Gasteiger partial charge in [-0.2, -0.15) is 0 Å². The molecule has 0 saturated carbocycles. The molecule has 4 nitrogen and oxygen atoms in total. The third-order valence-electron chi connectivity index (χ3n) is 2.96. The van der Waals surface area contributed by atoms with Crippen LogP contribution >= 0.6 is 0 Å². The van der Waals surface area contributed by atoms with Crippen molar-refractivity contribution >= 4 is 11.6 Å². The standard InChI is InChI=1S/C16H17FN2O2/c1-2-21-12-7-5-6-11(10-12)15(16(18)20)19-14-9-4-3-8-13(14)17/h3-10,15,19H,2H2,1H3,(H2,18,20). The second kappa shape index (κ2) is 6.74. The normalized spacial score (nSPS) is 11.7. The maximum absolute atomic E-state index is 13.7. The van der Waals surface area contributed by atoms with E-state index >= 15 is 0 Å². The van der Waals surface area contributed by atoms with Crippen LogP contribution in [-0.4, -0.2) is 12.5 Å². The number of carbonyl (C=O) groups is 1. The number of hydrogen-bond acceptors (Lipinski definition) is 3. The fraction of sp³-hybridized carbons (Fsp3) is 0.188. The maximum atomic E-state index is 13.7. The average molecular weight is 288 g/mol. The fourth-order valence-electron chi connectivity index (χ4n) is 2.00. The van der Waals surface area contributed by atoms with Crippen molar-refractivity contribution in [3.8, 4) is 5.75 Å². The molecule has 0 heterocycles. The number of halogens is 1. The van der Waals surface area contributed by atoms with Gasteiger partial charge in [-0.05, 0) is 36.8 Å². The molecule has 0 radical (unpaired) electrons. The molecule has 0 aliphatic rings. The quantitative estimate of drug-likeness (QED) is 0.859. The molecule has 0 fully saturated rings. The third kappa shape index (κ3) is 3.72. The molecule has 0 aromatic heterocycles. The topological polar surface area (TPSA) is 64.3 Å². The molecule has 0 bridgehead atoms. The van der Waals surface area contributed by atoms with Gasteiger partial charge in [-0.25, -0.2) is 4.39 Å². The highest BCUT2D eigenvalue weighted by molar-refractivity contribution is 5.84. The van der Waals surface area contributed by atoms with Crippen LogP contribution in [0.5, 0.6) is 5.75 Å². The Morgan fingerprint density at radius 3 is 2.71 bits per heavy atom. The van der Waals surface area contributed by atoms with Gasteiger partial charge < -0.3 is 15.8 Å². The van der Waals surface area contributed by atoms with E-state index in [1.165, 1.54) is 6.07 Å². The Morgan fingerprint density at radius 1 is 1.29 bits per heavy atom. The van der Waals surface area contributed by atoms with E-state index in [1.807, 2.05) is 6.92 Å². The number of carbonyl (C=O) groups excluding carboxylic acids is 1. The van der Waals surface area contributed by atoms with Gasteiger partial charge >= 0.3 is 0 Å². The number of ether oxygens (including phenoxy) is 1. The van der Waals surface area contributed by atoms with Crippen LogP contribution in [0.1, 0.15) is 18.5 Å². The largest absolute Gasteiger partial charge is 0.494 e. The van der Waals surface area contributed by atoms with Crippen molar-refractivity contribution in [2.24, 2.45) is 5.73 Å². The van der Waals surface area contributed by atoms with Crippen molar-refractivity contribution in [3.63, 3.8) is 0 Å². The van der Waals surface area contributed by atoms with Crippen molar-refractivity contribution in [1.29, 1.82) is 0 Å². The van der Waals surface area contributed by atoms with Crippen molar-refractivity contribution < 1.29 is 13.9 Å². The van der Waals surface area contributed by atoms with Crippen molar-refractivity contribution in [3.05, 3.63) is 59.9 Å². The Kier molecular flexibility index (Phi) is 4.77. The highest BCUT2D eigenvalue weighted by atomic mass is 19.1. The van der Waals surface area contributed by atoms with E-state index in [-0.39, 0.29) is 5.69 Å². The number of primary amides is 1. The van der Waals surface area contributed by atoms with E-state index in [0.29, 0.717) is 17.9 Å². The van der Waals surface area contributed by atoms with Gasteiger partial charge in [0.2, 0.25) is 5.91 Å². The minimum atomic E-state index is -0.831. The van der Waals surface area contributed by atoms with Gasteiger partial charge in [0.1, 0.15) is 17.6 Å². The predicted octanol–water partition coefficient (Wildman–Crippen LogP) is 2.86. The molecule has 2 aromatic rings. The number of benzene rings is 2. The lowest BCUT2D eigenvalue weighted by Gasteiger charge is -2.18. The van der Waals surface area contributed by atoms with E-state index in [4.69, 9.17) is 10.5 Å². The summed E-state index contributed by atoms with van der Waals surface area (Å²) < 4.78 is 19.1. The van der Waals surface area contributed by atoms with Gasteiger partial charge in [-0.3, -0.25) is 4.79 Å². The maximum Gasteiger partial charge on any atom is 0.244 e. The number of anilines is 1. The SMILES string of the molecule is CCOc1cccc(C(Nc2ccccc2F)C(N)=O)c1. The zero-order valence-corrected chi connectivity index (χ0v) is 11.7. The number of amides is 1. The Balaban J connectivity index is 2.29. The number of hydrogen-bond donors (Lipinski definition) is 2. The molecule has 3 N–H and O–H groups in total. The molecule has 0 aliphatic carbocycles. The van der Waals surface area contributed by atoms with Crippen LogP contribution in [0.2, 0.25) is 0 Å². The Morgan fingerprint density at radius 2 is 2.05 bits per heavy atom. The fourth-order valence-corrected chi connectivity index (χ4v) is 2.00. The minimum Gasteiger partial charge on any atom is -0.494 e. The molecule has 1 atom stereocenters. The van der Waals surface area contributed by atoms with Gasteiger partial charge in [0, 0.05) is 0 Å². The van der Waals surface area contributed by atoms with Crippen molar-refractivity contribution in [1.82, 2.24) is 0 Å². The van der Waals surface area contributed by atoms with Gasteiger partial charge in [0.25, 0.3) is 0 Å². The second-order valence-corrected chi connectivity index (χ2v) is 4.47. The highest BCUT2D eigenvalue weighted by Gasteiger charge is 2.19. The van der Waals surface area contributed by atoms with Crippen LogP contribution in [0.4, 0.5) is 10.1 Å². The Labute approximate surface area is 122 Å². The van der Waals surface area contributed by atoms with E-state index in [0.717, 1.165) is 0 Å². The number of rotatable bonds is 6. The predicted molar refractivity (Wildman–Crippen MR) is 79.6 cm³/mol. The molecule has 2 rings (SSSR count). The first kappa shape index (κ1) is 14.8. The first-order valence-electron chi connectivity index (χ1n) is 6.65. The summed E-state index contributed by atoms with van der Waals surface area (Å²) in [5.74, 6) is -0.395. The molecule has 2 aromatic carbocycles. The number of nitrogens with one attached hydrogen (secondary N) is 1. The summed E-state index contributed by atoms with van der Waals surface area (Å²) in [4.78, 5) is 11.7. The van der Waals surface area contributed by atoms with Gasteiger partial charge in [0.05, 0.1) is 12.3 Å². The smallest absolute Gasteiger partial charge is 0.244 e. The van der Waals surface area contributed by atoms with E-state index in [1.54, 1.807) is 42.5 Å². The van der Waals surface area contributed by atoms with Gasteiger partial charge in [0.15, 0.2) is 0 Å². The first-order chi connectivity index (χ1) is 10.1. The van der Waals surface area contributed by atoms with Crippen LogP contribution in [0.15, 0.2) is 48.5 Å². The molecule has 0 aliphatic heterocycles. The van der Waals surface area contributed by atoms with Gasteiger partial charge in [-0.15, -0.1) is 0 Å². The van der Waals surface area contributed by atoms with Crippen molar-refractivity contribution in [2.45, 2.75) is 13.0 Å². The van der Waals surface area contributed by atoms with E-state index in [2.05, 4.69) is 5.32 Å². The Bertz CT molecular complexity index is 631. The van der Waals surface area contributed by atoms with Crippen LogP contribution in [0, 0.1) is 5.82 Å². The third-order valence-corrected chi connectivity index (χ3v) is 2.96. The molecule has 110 valence electrons. The molecule has 0 spiro atoms. The molecule has 21 heavy (non-hydrogen) atoms. The monoisotopic (exact) mass is 288 g/mol. The van der Waals surface area contributed by atoms with Gasteiger partial charge in [-0.1, -0.05) is 24.3 Å².